The molecule has 0 aliphatic carbocycles. The van der Waals surface area contributed by atoms with Crippen LogP contribution in [0.2, 0.25) is 0 Å². The van der Waals surface area contributed by atoms with Crippen molar-refractivity contribution in [3.8, 4) is 5.75 Å². The number of hydrogen-bond donors (Lipinski definition) is 0. The van der Waals surface area contributed by atoms with Crippen molar-refractivity contribution in [2.45, 2.75) is 46.5 Å². The maximum absolute atomic E-state index is 5.41. The minimum absolute atomic E-state index is 0.681. The summed E-state index contributed by atoms with van der Waals surface area (Å²) in [6.07, 6.45) is 4.66. The van der Waals surface area contributed by atoms with Gasteiger partial charge in [-0.05, 0) is 50.2 Å². The van der Waals surface area contributed by atoms with E-state index in [0.29, 0.717) is 5.92 Å². The van der Waals surface area contributed by atoms with E-state index in [1.54, 1.807) is 7.11 Å². The van der Waals surface area contributed by atoms with Gasteiger partial charge in [-0.25, -0.2) is 0 Å². The lowest BCUT2D eigenvalue weighted by Gasteiger charge is -2.15. The first-order chi connectivity index (χ1) is 9.08. The van der Waals surface area contributed by atoms with Crippen molar-refractivity contribution in [3.63, 3.8) is 0 Å². The number of hydrogen-bond acceptors (Lipinski definition) is 1. The van der Waals surface area contributed by atoms with Crippen LogP contribution >= 0.6 is 9.24 Å². The van der Waals surface area contributed by atoms with Gasteiger partial charge >= 0.3 is 0 Å². The van der Waals surface area contributed by atoms with Gasteiger partial charge in [-0.2, -0.15) is 0 Å². The van der Waals surface area contributed by atoms with Crippen LogP contribution in [0.5, 0.6) is 5.75 Å². The fourth-order valence-corrected chi connectivity index (χ4v) is 2.42. The van der Waals surface area contributed by atoms with Crippen LogP contribution in [0.1, 0.15) is 45.6 Å². The fourth-order valence-electron chi connectivity index (χ4n) is 2.27. The van der Waals surface area contributed by atoms with Crippen molar-refractivity contribution in [1.82, 2.24) is 0 Å². The van der Waals surface area contributed by atoms with E-state index in [4.69, 9.17) is 4.74 Å². The van der Waals surface area contributed by atoms with Crippen molar-refractivity contribution in [2.24, 2.45) is 5.92 Å². The smallest absolute Gasteiger partial charge is 0.122 e. The highest BCUT2D eigenvalue weighted by Gasteiger charge is 2.08. The molecule has 106 valence electrons. The Bertz CT molecular complexity index is 423. The van der Waals surface area contributed by atoms with Gasteiger partial charge in [0.1, 0.15) is 5.75 Å². The molecule has 1 rings (SSSR count). The third-order valence-electron chi connectivity index (χ3n) is 3.70. The highest BCUT2D eigenvalue weighted by Crippen LogP contribution is 2.25. The summed E-state index contributed by atoms with van der Waals surface area (Å²) >= 11 is 0. The molecule has 2 atom stereocenters. The summed E-state index contributed by atoms with van der Waals surface area (Å²) in [4.78, 5) is 0. The first-order valence-corrected chi connectivity index (χ1v) is 7.72. The number of rotatable bonds is 7. The molecule has 1 aromatic rings. The fraction of sp³-hybridized carbons (Fsp3) is 0.529. The summed E-state index contributed by atoms with van der Waals surface area (Å²) in [6.45, 7) is 6.79. The third kappa shape index (κ3) is 5.37. The number of ether oxygens (including phenoxy) is 1. The van der Waals surface area contributed by atoms with E-state index in [0.717, 1.165) is 18.6 Å². The van der Waals surface area contributed by atoms with Gasteiger partial charge in [0.05, 0.1) is 7.11 Å². The second kappa shape index (κ2) is 8.38. The van der Waals surface area contributed by atoms with Crippen molar-refractivity contribution in [2.75, 3.05) is 7.11 Å². The lowest BCUT2D eigenvalue weighted by Crippen LogP contribution is -2.02. The average molecular weight is 278 g/mol. The summed E-state index contributed by atoms with van der Waals surface area (Å²) in [6, 6.07) is 8.34. The zero-order valence-electron chi connectivity index (χ0n) is 12.7. The molecular weight excluding hydrogens is 251 g/mol. The Balaban J connectivity index is 2.54. The van der Waals surface area contributed by atoms with Gasteiger partial charge in [-0.15, -0.1) is 9.24 Å². The lowest BCUT2D eigenvalue weighted by molar-refractivity contribution is 0.404. The number of para-hydroxylation sites is 1. The molecule has 0 aromatic heterocycles. The van der Waals surface area contributed by atoms with Crippen molar-refractivity contribution >= 4 is 9.24 Å². The van der Waals surface area contributed by atoms with Crippen molar-refractivity contribution in [3.05, 3.63) is 40.7 Å². The predicted octanol–water partition coefficient (Wildman–Crippen LogP) is 5.21. The maximum Gasteiger partial charge on any atom is 0.122 e. The van der Waals surface area contributed by atoms with E-state index < -0.39 is 0 Å². The molecule has 1 unspecified atom stereocenters. The molecular formula is C17H27OP. The number of benzene rings is 1. The van der Waals surface area contributed by atoms with E-state index in [9.17, 15) is 0 Å². The molecule has 0 aliphatic heterocycles. The summed E-state index contributed by atoms with van der Waals surface area (Å²) in [5.74, 6) is 1.70. The Morgan fingerprint density at radius 3 is 2.63 bits per heavy atom. The van der Waals surface area contributed by atoms with Crippen LogP contribution in [0.25, 0.3) is 0 Å². The van der Waals surface area contributed by atoms with E-state index in [1.165, 1.54) is 29.3 Å². The van der Waals surface area contributed by atoms with Gasteiger partial charge in [-0.3, -0.25) is 0 Å². The van der Waals surface area contributed by atoms with Gasteiger partial charge in [0.15, 0.2) is 0 Å². The van der Waals surface area contributed by atoms with Crippen molar-refractivity contribution < 1.29 is 4.74 Å². The molecule has 0 bridgehead atoms. The van der Waals surface area contributed by atoms with Crippen LogP contribution in [0.15, 0.2) is 35.2 Å². The van der Waals surface area contributed by atoms with E-state index in [1.807, 2.05) is 12.1 Å². The Hall–Kier alpha value is -0.810. The molecule has 19 heavy (non-hydrogen) atoms. The molecule has 0 heterocycles. The standard InChI is InChI=1S/C17H27OP/c1-5-17(19)14(3)11-10-13(2)12-15-8-6-7-9-16(15)18-4/h6-9,13H,5,10-12,19H2,1-4H3/b17-14+/t13-/m1/s1. The Morgan fingerprint density at radius 2 is 2.00 bits per heavy atom. The summed E-state index contributed by atoms with van der Waals surface area (Å²) in [5.41, 5.74) is 2.85. The highest BCUT2D eigenvalue weighted by molar-refractivity contribution is 7.22. The molecule has 0 fully saturated rings. The normalized spacial score (nSPS) is 13.9. The SMILES string of the molecule is CC/C(P)=C(/C)CC[C@@H](C)Cc1ccccc1OC. The van der Waals surface area contributed by atoms with Crippen LogP contribution in [0.3, 0.4) is 0 Å². The second-order valence-corrected chi connectivity index (χ2v) is 6.02. The van der Waals surface area contributed by atoms with Crippen LogP contribution < -0.4 is 4.74 Å². The summed E-state index contributed by atoms with van der Waals surface area (Å²) < 4.78 is 5.41. The molecule has 1 nitrogen and oxygen atoms in total. The van der Waals surface area contributed by atoms with Gasteiger partial charge in [0, 0.05) is 0 Å². The maximum atomic E-state index is 5.41. The molecule has 0 spiro atoms. The minimum atomic E-state index is 0.681. The molecule has 2 heteroatoms. The summed E-state index contributed by atoms with van der Waals surface area (Å²) in [5, 5.41) is 1.46. The monoisotopic (exact) mass is 278 g/mol. The first kappa shape index (κ1) is 16.2. The Morgan fingerprint density at radius 1 is 1.32 bits per heavy atom. The molecule has 0 saturated carbocycles. The predicted molar refractivity (Wildman–Crippen MR) is 87.8 cm³/mol. The largest absolute Gasteiger partial charge is 0.496 e. The zero-order chi connectivity index (χ0) is 14.3. The Labute approximate surface area is 120 Å². The number of methoxy groups -OCH3 is 1. The molecule has 1 aromatic carbocycles. The van der Waals surface area contributed by atoms with Gasteiger partial charge in [0.25, 0.3) is 0 Å². The van der Waals surface area contributed by atoms with Crippen molar-refractivity contribution in [1.29, 1.82) is 0 Å². The van der Waals surface area contributed by atoms with E-state index >= 15 is 0 Å². The second-order valence-electron chi connectivity index (χ2n) is 5.32. The van der Waals surface area contributed by atoms with Crippen LogP contribution in [-0.2, 0) is 6.42 Å². The highest BCUT2D eigenvalue weighted by atomic mass is 31.0. The van der Waals surface area contributed by atoms with E-state index in [2.05, 4.69) is 42.1 Å². The molecule has 0 aliphatic rings. The van der Waals surface area contributed by atoms with Crippen LogP contribution in [0.4, 0.5) is 0 Å². The quantitative estimate of drug-likeness (QED) is 0.622. The lowest BCUT2D eigenvalue weighted by atomic mass is 9.94. The summed E-state index contributed by atoms with van der Waals surface area (Å²) in [7, 11) is 4.62. The third-order valence-corrected chi connectivity index (χ3v) is 4.60. The first-order valence-electron chi connectivity index (χ1n) is 7.14. The molecule has 0 radical (unpaired) electrons. The molecule has 0 amide bonds. The van der Waals surface area contributed by atoms with Crippen LogP contribution in [0, 0.1) is 5.92 Å². The van der Waals surface area contributed by atoms with Gasteiger partial charge < -0.3 is 4.74 Å². The van der Waals surface area contributed by atoms with Gasteiger partial charge in [-0.1, -0.05) is 42.9 Å². The molecule has 0 saturated heterocycles. The number of allylic oxidation sites excluding steroid dienone is 2. The van der Waals surface area contributed by atoms with Crippen LogP contribution in [-0.4, -0.2) is 7.11 Å². The van der Waals surface area contributed by atoms with Gasteiger partial charge in [0.2, 0.25) is 0 Å². The molecule has 0 N–H and O–H groups in total. The minimum Gasteiger partial charge on any atom is -0.496 e. The average Bonchev–Trinajstić information content (AvgIpc) is 2.44. The topological polar surface area (TPSA) is 9.23 Å². The Kier molecular flexibility index (Phi) is 7.16. The zero-order valence-corrected chi connectivity index (χ0v) is 13.9. The van der Waals surface area contributed by atoms with E-state index in [-0.39, 0.29) is 0 Å².